The van der Waals surface area contributed by atoms with Gasteiger partial charge in [0, 0.05) is 16.8 Å². The van der Waals surface area contributed by atoms with Crippen molar-refractivity contribution in [1.82, 2.24) is 5.32 Å². The van der Waals surface area contributed by atoms with Gasteiger partial charge in [-0.1, -0.05) is 6.07 Å². The third kappa shape index (κ3) is 6.16. The molecule has 112 valence electrons. The zero-order valence-corrected chi connectivity index (χ0v) is 13.0. The fourth-order valence-electron chi connectivity index (χ4n) is 1.66. The second-order valence-electron chi connectivity index (χ2n) is 5.40. The van der Waals surface area contributed by atoms with Gasteiger partial charge >= 0.3 is 5.97 Å². The smallest absolute Gasteiger partial charge is 0.307 e. The number of nitrogens with one attached hydrogen (secondary N) is 1. The molecule has 0 aliphatic rings. The fraction of sp³-hybridized carbons (Fsp3) is 0.571. The second-order valence-corrected chi connectivity index (χ2v) is 6.38. The van der Waals surface area contributed by atoms with Gasteiger partial charge in [-0.3, -0.25) is 9.59 Å². The van der Waals surface area contributed by atoms with E-state index in [2.05, 4.69) is 10.1 Å². The van der Waals surface area contributed by atoms with Crippen LogP contribution in [-0.2, 0) is 14.3 Å². The van der Waals surface area contributed by atoms with Crippen LogP contribution in [0.4, 0.5) is 0 Å². The summed E-state index contributed by atoms with van der Waals surface area (Å²) in [6, 6.07) is 3.45. The summed E-state index contributed by atoms with van der Waals surface area (Å²) in [5, 5.41) is 4.78. The van der Waals surface area contributed by atoms with Crippen molar-refractivity contribution < 1.29 is 14.3 Å². The second kappa shape index (κ2) is 7.40. The van der Waals surface area contributed by atoms with Crippen molar-refractivity contribution in [3.05, 3.63) is 22.4 Å². The third-order valence-electron chi connectivity index (χ3n) is 2.82. The molecule has 6 heteroatoms. The lowest BCUT2D eigenvalue weighted by Gasteiger charge is -2.20. The van der Waals surface area contributed by atoms with Gasteiger partial charge in [0.25, 0.3) is 0 Å². The number of hydrogen-bond donors (Lipinski definition) is 2. The largest absolute Gasteiger partial charge is 0.469 e. The molecule has 1 aromatic heterocycles. The molecule has 0 aliphatic carbocycles. The molecular formula is C14H22N2O3S. The molecule has 0 fully saturated rings. The zero-order chi connectivity index (χ0) is 15.2. The minimum Gasteiger partial charge on any atom is -0.469 e. The number of rotatable bonds is 7. The van der Waals surface area contributed by atoms with Crippen LogP contribution < -0.4 is 11.1 Å². The van der Waals surface area contributed by atoms with Crippen LogP contribution in [0.1, 0.15) is 44.0 Å². The van der Waals surface area contributed by atoms with Crippen molar-refractivity contribution in [2.24, 2.45) is 5.73 Å². The standard InChI is InChI=1S/C14H22N2O3S/c1-14(2,15)7-6-12(17)16-10(9-13(18)19-3)11-5-4-8-20-11/h4-5,8,10H,6-7,9,15H2,1-3H3,(H,16,17). The highest BCUT2D eigenvalue weighted by molar-refractivity contribution is 7.10. The number of esters is 1. The Bertz CT molecular complexity index is 438. The number of carbonyl (C=O) groups excluding carboxylic acids is 2. The Hall–Kier alpha value is -1.40. The summed E-state index contributed by atoms with van der Waals surface area (Å²) in [7, 11) is 1.34. The normalized spacial score (nSPS) is 12.8. The van der Waals surface area contributed by atoms with Gasteiger partial charge in [-0.05, 0) is 31.7 Å². The minimum absolute atomic E-state index is 0.106. The van der Waals surface area contributed by atoms with Crippen molar-refractivity contribution in [2.75, 3.05) is 7.11 Å². The highest BCUT2D eigenvalue weighted by atomic mass is 32.1. The summed E-state index contributed by atoms with van der Waals surface area (Å²) in [6.07, 6.45) is 1.07. The summed E-state index contributed by atoms with van der Waals surface area (Å²) in [4.78, 5) is 24.3. The van der Waals surface area contributed by atoms with E-state index in [9.17, 15) is 9.59 Å². The molecule has 1 rings (SSSR count). The molecule has 1 atom stereocenters. The monoisotopic (exact) mass is 298 g/mol. The highest BCUT2D eigenvalue weighted by Gasteiger charge is 2.21. The maximum Gasteiger partial charge on any atom is 0.307 e. The average molecular weight is 298 g/mol. The van der Waals surface area contributed by atoms with Crippen LogP contribution in [0.3, 0.4) is 0 Å². The van der Waals surface area contributed by atoms with Gasteiger partial charge in [-0.25, -0.2) is 0 Å². The molecule has 0 aliphatic heterocycles. The molecule has 0 radical (unpaired) electrons. The van der Waals surface area contributed by atoms with Crippen molar-refractivity contribution in [3.8, 4) is 0 Å². The van der Waals surface area contributed by atoms with Crippen LogP contribution in [0.2, 0.25) is 0 Å². The predicted octanol–water partition coefficient (Wildman–Crippen LogP) is 1.99. The Morgan fingerprint density at radius 1 is 1.50 bits per heavy atom. The SMILES string of the molecule is COC(=O)CC(NC(=O)CCC(C)(C)N)c1cccs1. The van der Waals surface area contributed by atoms with Crippen molar-refractivity contribution in [3.63, 3.8) is 0 Å². The van der Waals surface area contributed by atoms with Gasteiger partial charge in [0.1, 0.15) is 0 Å². The number of carbonyl (C=O) groups is 2. The molecule has 5 nitrogen and oxygen atoms in total. The molecule has 20 heavy (non-hydrogen) atoms. The minimum atomic E-state index is -0.377. The van der Waals surface area contributed by atoms with Crippen LogP contribution in [0, 0.1) is 0 Å². The van der Waals surface area contributed by atoms with E-state index in [4.69, 9.17) is 5.73 Å². The summed E-state index contributed by atoms with van der Waals surface area (Å²) >= 11 is 1.50. The van der Waals surface area contributed by atoms with Gasteiger partial charge < -0.3 is 15.8 Å². The van der Waals surface area contributed by atoms with Crippen LogP contribution in [0.25, 0.3) is 0 Å². The Kier molecular flexibility index (Phi) is 6.16. The van der Waals surface area contributed by atoms with Gasteiger partial charge in [0.2, 0.25) is 5.91 Å². The van der Waals surface area contributed by atoms with Gasteiger partial charge in [-0.2, -0.15) is 0 Å². The number of hydrogen-bond acceptors (Lipinski definition) is 5. The van der Waals surface area contributed by atoms with E-state index < -0.39 is 0 Å². The first kappa shape index (κ1) is 16.7. The number of ether oxygens (including phenoxy) is 1. The van der Waals surface area contributed by atoms with E-state index in [-0.39, 0.29) is 29.9 Å². The Labute approximate surface area is 123 Å². The molecule has 0 bridgehead atoms. The number of nitrogens with two attached hydrogens (primary N) is 1. The average Bonchev–Trinajstić information content (AvgIpc) is 2.88. The van der Waals surface area contributed by atoms with Gasteiger partial charge in [-0.15, -0.1) is 11.3 Å². The fourth-order valence-corrected chi connectivity index (χ4v) is 2.44. The van der Waals surface area contributed by atoms with Crippen molar-refractivity contribution in [2.45, 2.75) is 44.7 Å². The molecule has 0 saturated heterocycles. The maximum atomic E-state index is 12.0. The van der Waals surface area contributed by atoms with Crippen molar-refractivity contribution >= 4 is 23.2 Å². The third-order valence-corrected chi connectivity index (χ3v) is 3.80. The first-order chi connectivity index (χ1) is 9.31. The number of amides is 1. The Morgan fingerprint density at radius 3 is 2.70 bits per heavy atom. The van der Waals surface area contributed by atoms with Crippen LogP contribution in [0.5, 0.6) is 0 Å². The van der Waals surface area contributed by atoms with Crippen LogP contribution >= 0.6 is 11.3 Å². The Balaban J connectivity index is 2.61. The summed E-state index contributed by atoms with van der Waals surface area (Å²) in [6.45, 7) is 3.76. The van der Waals surface area contributed by atoms with Gasteiger partial charge in [0.05, 0.1) is 19.6 Å². The number of methoxy groups -OCH3 is 1. The molecule has 1 amide bonds. The van der Waals surface area contributed by atoms with Crippen LogP contribution in [0.15, 0.2) is 17.5 Å². The molecule has 0 saturated carbocycles. The number of thiophene rings is 1. The highest BCUT2D eigenvalue weighted by Crippen LogP contribution is 2.22. The maximum absolute atomic E-state index is 12.0. The topological polar surface area (TPSA) is 81.4 Å². The first-order valence-electron chi connectivity index (χ1n) is 6.50. The van der Waals surface area contributed by atoms with E-state index in [1.807, 2.05) is 31.4 Å². The lowest BCUT2D eigenvalue weighted by atomic mass is 9.99. The molecule has 3 N–H and O–H groups in total. The van der Waals surface area contributed by atoms with Gasteiger partial charge in [0.15, 0.2) is 0 Å². The van der Waals surface area contributed by atoms with E-state index >= 15 is 0 Å². The van der Waals surface area contributed by atoms with Crippen molar-refractivity contribution in [1.29, 1.82) is 0 Å². The summed E-state index contributed by atoms with van der Waals surface area (Å²) in [5.74, 6) is -0.450. The molecule has 1 aromatic rings. The summed E-state index contributed by atoms with van der Waals surface area (Å²) in [5.41, 5.74) is 5.48. The molecule has 0 aromatic carbocycles. The molecule has 1 heterocycles. The van der Waals surface area contributed by atoms with E-state index in [1.165, 1.54) is 18.4 Å². The van der Waals surface area contributed by atoms with Crippen LogP contribution in [-0.4, -0.2) is 24.5 Å². The lowest BCUT2D eigenvalue weighted by molar-refractivity contribution is -0.141. The quantitative estimate of drug-likeness (QED) is 0.754. The van der Waals surface area contributed by atoms with E-state index in [0.717, 1.165) is 4.88 Å². The first-order valence-corrected chi connectivity index (χ1v) is 7.38. The molecule has 0 spiro atoms. The predicted molar refractivity (Wildman–Crippen MR) is 79.3 cm³/mol. The van der Waals surface area contributed by atoms with E-state index in [0.29, 0.717) is 12.8 Å². The lowest BCUT2D eigenvalue weighted by Crippen LogP contribution is -2.35. The molecular weight excluding hydrogens is 276 g/mol. The summed E-state index contributed by atoms with van der Waals surface area (Å²) < 4.78 is 4.67. The van der Waals surface area contributed by atoms with E-state index in [1.54, 1.807) is 0 Å². The Morgan fingerprint density at radius 2 is 2.20 bits per heavy atom. The molecule has 1 unspecified atom stereocenters. The zero-order valence-electron chi connectivity index (χ0n) is 12.1.